The Morgan fingerprint density at radius 1 is 1.39 bits per heavy atom. The zero-order valence-electron chi connectivity index (χ0n) is 10.9. The second-order valence-electron chi connectivity index (χ2n) is 4.92. The normalized spacial score (nSPS) is 19.2. The zero-order chi connectivity index (χ0) is 13.2. The first kappa shape index (κ1) is 13.2. The maximum atomic E-state index is 11.2. The molecule has 1 aromatic rings. The zero-order valence-corrected chi connectivity index (χ0v) is 11.7. The number of hydrogen-bond donors (Lipinski definition) is 1. The lowest BCUT2D eigenvalue weighted by Gasteiger charge is -2.37. The van der Waals surface area contributed by atoms with Crippen LogP contribution in [-0.4, -0.2) is 39.6 Å². The van der Waals surface area contributed by atoms with Gasteiger partial charge in [-0.25, -0.2) is 8.42 Å². The van der Waals surface area contributed by atoms with Crippen molar-refractivity contribution < 1.29 is 8.42 Å². The van der Waals surface area contributed by atoms with E-state index in [2.05, 4.69) is 29.3 Å². The Kier molecular flexibility index (Phi) is 3.80. The highest BCUT2D eigenvalue weighted by Crippen LogP contribution is 2.30. The summed E-state index contributed by atoms with van der Waals surface area (Å²) in [5.41, 5.74) is 2.31. The predicted molar refractivity (Wildman–Crippen MR) is 76.1 cm³/mol. The number of fused-ring (bicyclic) bond motifs is 1. The van der Waals surface area contributed by atoms with Crippen molar-refractivity contribution in [2.75, 3.05) is 35.3 Å². The van der Waals surface area contributed by atoms with Crippen LogP contribution >= 0.6 is 0 Å². The summed E-state index contributed by atoms with van der Waals surface area (Å²) in [4.78, 5) is 2.29. The van der Waals surface area contributed by atoms with Gasteiger partial charge in [0.05, 0.1) is 17.1 Å². The molecule has 1 N–H and O–H groups in total. The fraction of sp³-hybridized carbons (Fsp3) is 0.538. The van der Waals surface area contributed by atoms with Crippen LogP contribution in [0.1, 0.15) is 13.3 Å². The molecule has 1 heterocycles. The molecule has 2 rings (SSSR count). The average molecular weight is 268 g/mol. The molecule has 1 aliphatic rings. The van der Waals surface area contributed by atoms with Gasteiger partial charge in [-0.2, -0.15) is 0 Å². The topological polar surface area (TPSA) is 49.4 Å². The molecule has 1 unspecified atom stereocenters. The Bertz CT molecular complexity index is 513. The van der Waals surface area contributed by atoms with Crippen LogP contribution in [-0.2, 0) is 9.84 Å². The van der Waals surface area contributed by atoms with Crippen molar-refractivity contribution in [3.63, 3.8) is 0 Å². The Hall–Kier alpha value is -1.23. The van der Waals surface area contributed by atoms with E-state index < -0.39 is 9.84 Å². The summed E-state index contributed by atoms with van der Waals surface area (Å²) in [6, 6.07) is 8.56. The molecule has 5 heteroatoms. The maximum absolute atomic E-state index is 11.2. The molecular formula is C13H20N2O2S. The molecule has 0 saturated carbocycles. The van der Waals surface area contributed by atoms with Crippen LogP contribution in [0.15, 0.2) is 24.3 Å². The second-order valence-corrected chi connectivity index (χ2v) is 7.18. The van der Waals surface area contributed by atoms with E-state index in [0.29, 0.717) is 12.5 Å². The van der Waals surface area contributed by atoms with E-state index in [1.165, 1.54) is 11.9 Å². The van der Waals surface area contributed by atoms with Crippen LogP contribution in [0.4, 0.5) is 11.4 Å². The minimum absolute atomic E-state index is 0.256. The van der Waals surface area contributed by atoms with E-state index in [-0.39, 0.29) is 5.75 Å². The number of para-hydroxylation sites is 2. The Balaban J connectivity index is 2.07. The molecule has 18 heavy (non-hydrogen) atoms. The van der Waals surface area contributed by atoms with Gasteiger partial charge < -0.3 is 10.2 Å². The number of hydrogen-bond acceptors (Lipinski definition) is 4. The SMILES string of the molecule is CC1CNc2ccccc2N1CCCS(C)(=O)=O. The highest BCUT2D eigenvalue weighted by Gasteiger charge is 2.21. The molecule has 1 atom stereocenters. The van der Waals surface area contributed by atoms with Crippen LogP contribution in [0.2, 0.25) is 0 Å². The minimum Gasteiger partial charge on any atom is -0.381 e. The quantitative estimate of drug-likeness (QED) is 0.903. The summed E-state index contributed by atoms with van der Waals surface area (Å²) >= 11 is 0. The Morgan fingerprint density at radius 3 is 2.83 bits per heavy atom. The van der Waals surface area contributed by atoms with Crippen LogP contribution < -0.4 is 10.2 Å². The third kappa shape index (κ3) is 3.16. The molecule has 0 aromatic heterocycles. The van der Waals surface area contributed by atoms with Gasteiger partial charge in [0.2, 0.25) is 0 Å². The molecule has 0 bridgehead atoms. The molecule has 100 valence electrons. The lowest BCUT2D eigenvalue weighted by atomic mass is 10.1. The number of sulfone groups is 1. The number of nitrogens with zero attached hydrogens (tertiary/aromatic N) is 1. The lowest BCUT2D eigenvalue weighted by molar-refractivity contribution is 0.593. The monoisotopic (exact) mass is 268 g/mol. The molecule has 0 saturated heterocycles. The van der Waals surface area contributed by atoms with Crippen molar-refractivity contribution >= 4 is 21.2 Å². The summed E-state index contributed by atoms with van der Waals surface area (Å²) in [5.74, 6) is 0.256. The number of nitrogens with one attached hydrogen (secondary N) is 1. The fourth-order valence-electron chi connectivity index (χ4n) is 2.32. The standard InChI is InChI=1S/C13H20N2O2S/c1-11-10-14-12-6-3-4-7-13(12)15(11)8-5-9-18(2,16)17/h3-4,6-7,11,14H,5,8-10H2,1-2H3. The summed E-state index contributed by atoms with van der Waals surface area (Å²) in [5, 5.41) is 3.39. The molecule has 0 fully saturated rings. The molecule has 0 radical (unpaired) electrons. The third-order valence-corrected chi connectivity index (χ3v) is 4.28. The maximum Gasteiger partial charge on any atom is 0.147 e. The highest BCUT2D eigenvalue weighted by molar-refractivity contribution is 7.90. The first-order chi connectivity index (χ1) is 8.47. The Labute approximate surface area is 109 Å². The van der Waals surface area contributed by atoms with Gasteiger partial charge in [0.1, 0.15) is 9.84 Å². The van der Waals surface area contributed by atoms with E-state index in [4.69, 9.17) is 0 Å². The molecule has 0 aliphatic carbocycles. The van der Waals surface area contributed by atoms with Gasteiger partial charge >= 0.3 is 0 Å². The summed E-state index contributed by atoms with van der Waals surface area (Å²) in [6.07, 6.45) is 1.97. The van der Waals surface area contributed by atoms with Gasteiger partial charge in [-0.15, -0.1) is 0 Å². The minimum atomic E-state index is -2.86. The number of benzene rings is 1. The van der Waals surface area contributed by atoms with E-state index in [0.717, 1.165) is 18.8 Å². The van der Waals surface area contributed by atoms with Crippen molar-refractivity contribution in [2.24, 2.45) is 0 Å². The van der Waals surface area contributed by atoms with E-state index in [1.807, 2.05) is 12.1 Å². The predicted octanol–water partition coefficient (Wildman–Crippen LogP) is 1.74. The number of rotatable bonds is 4. The second kappa shape index (κ2) is 5.18. The lowest BCUT2D eigenvalue weighted by Crippen LogP contribution is -2.43. The molecule has 0 amide bonds. The first-order valence-electron chi connectivity index (χ1n) is 6.24. The summed E-state index contributed by atoms with van der Waals surface area (Å²) < 4.78 is 22.3. The van der Waals surface area contributed by atoms with Crippen LogP contribution in [0, 0.1) is 0 Å². The van der Waals surface area contributed by atoms with E-state index >= 15 is 0 Å². The smallest absolute Gasteiger partial charge is 0.147 e. The Morgan fingerprint density at radius 2 is 2.11 bits per heavy atom. The average Bonchev–Trinajstić information content (AvgIpc) is 2.31. The van der Waals surface area contributed by atoms with Gasteiger partial charge in [-0.1, -0.05) is 12.1 Å². The molecule has 1 aromatic carbocycles. The molecule has 0 spiro atoms. The van der Waals surface area contributed by atoms with Gasteiger partial charge in [0.15, 0.2) is 0 Å². The van der Waals surface area contributed by atoms with Crippen molar-refractivity contribution in [1.29, 1.82) is 0 Å². The fourth-order valence-corrected chi connectivity index (χ4v) is 2.97. The van der Waals surface area contributed by atoms with Crippen molar-refractivity contribution in [3.05, 3.63) is 24.3 Å². The van der Waals surface area contributed by atoms with Crippen molar-refractivity contribution in [1.82, 2.24) is 0 Å². The van der Waals surface area contributed by atoms with Crippen molar-refractivity contribution in [3.8, 4) is 0 Å². The number of anilines is 2. The molecule has 4 nitrogen and oxygen atoms in total. The van der Waals surface area contributed by atoms with E-state index in [9.17, 15) is 8.42 Å². The van der Waals surface area contributed by atoms with Crippen LogP contribution in [0.5, 0.6) is 0 Å². The first-order valence-corrected chi connectivity index (χ1v) is 8.31. The summed E-state index contributed by atoms with van der Waals surface area (Å²) in [7, 11) is -2.86. The van der Waals surface area contributed by atoms with Gasteiger partial charge in [0.25, 0.3) is 0 Å². The van der Waals surface area contributed by atoms with Crippen LogP contribution in [0.25, 0.3) is 0 Å². The van der Waals surface area contributed by atoms with E-state index in [1.54, 1.807) is 0 Å². The molecular weight excluding hydrogens is 248 g/mol. The van der Waals surface area contributed by atoms with Gasteiger partial charge in [-0.3, -0.25) is 0 Å². The van der Waals surface area contributed by atoms with Crippen molar-refractivity contribution in [2.45, 2.75) is 19.4 Å². The third-order valence-electron chi connectivity index (χ3n) is 3.25. The largest absolute Gasteiger partial charge is 0.381 e. The summed E-state index contributed by atoms with van der Waals surface area (Å²) in [6.45, 7) is 3.84. The van der Waals surface area contributed by atoms with Crippen LogP contribution in [0.3, 0.4) is 0 Å². The van der Waals surface area contributed by atoms with Gasteiger partial charge in [-0.05, 0) is 25.5 Å². The highest BCUT2D eigenvalue weighted by atomic mass is 32.2. The molecule has 1 aliphatic heterocycles. The van der Waals surface area contributed by atoms with Gasteiger partial charge in [0, 0.05) is 25.4 Å².